The Hall–Kier alpha value is -3.26. The second kappa shape index (κ2) is 11.2. The van der Waals surface area contributed by atoms with E-state index in [0.29, 0.717) is 24.1 Å². The van der Waals surface area contributed by atoms with Gasteiger partial charge >= 0.3 is 5.69 Å². The largest absolute Gasteiger partial charge is 0.329 e. The fourth-order valence-electron chi connectivity index (χ4n) is 4.13. The van der Waals surface area contributed by atoms with Crippen molar-refractivity contribution in [1.82, 2.24) is 34.7 Å². The van der Waals surface area contributed by atoms with E-state index < -0.39 is 0 Å². The number of hydrogen-bond acceptors (Lipinski definition) is 5. The SMILES string of the molecule is CCCCCn1c(Cl)c(CCCC)n(Cc2ccc(-c3ccccc3-c3nnn[nH]3)cn2)c1=O. The van der Waals surface area contributed by atoms with E-state index in [1.165, 1.54) is 0 Å². The van der Waals surface area contributed by atoms with Crippen molar-refractivity contribution >= 4 is 11.6 Å². The van der Waals surface area contributed by atoms with Crippen LogP contribution < -0.4 is 5.69 Å². The monoisotopic (exact) mass is 479 g/mol. The zero-order valence-corrected chi connectivity index (χ0v) is 20.4. The Morgan fingerprint density at radius 2 is 1.76 bits per heavy atom. The number of halogens is 1. The standard InChI is InChI=1S/C25H30ClN7O/c1-3-5-9-15-32-23(26)22(12-6-4-2)33(25(32)34)17-19-14-13-18(16-27-19)20-10-7-8-11-21(20)24-28-30-31-29-24/h7-8,10-11,13-14,16H,3-6,9,12,15,17H2,1-2H3,(H,28,29,30,31). The highest BCUT2D eigenvalue weighted by atomic mass is 35.5. The molecule has 0 aliphatic rings. The minimum Gasteiger partial charge on any atom is -0.289 e. The summed E-state index contributed by atoms with van der Waals surface area (Å²) in [5.74, 6) is 0.603. The molecule has 1 aromatic carbocycles. The second-order valence-electron chi connectivity index (χ2n) is 8.40. The number of unbranched alkanes of at least 4 members (excludes halogenated alkanes) is 3. The molecule has 0 atom stereocenters. The van der Waals surface area contributed by atoms with Crippen LogP contribution in [0.2, 0.25) is 5.15 Å². The van der Waals surface area contributed by atoms with Crippen LogP contribution in [-0.4, -0.2) is 34.7 Å². The molecule has 0 bridgehead atoms. The molecule has 0 aliphatic heterocycles. The van der Waals surface area contributed by atoms with E-state index in [2.05, 4.69) is 39.5 Å². The zero-order valence-electron chi connectivity index (χ0n) is 19.7. The predicted molar refractivity (Wildman–Crippen MR) is 134 cm³/mol. The lowest BCUT2D eigenvalue weighted by atomic mass is 10.0. The average molecular weight is 480 g/mol. The van der Waals surface area contributed by atoms with Crippen LogP contribution in [0.1, 0.15) is 57.3 Å². The van der Waals surface area contributed by atoms with E-state index in [1.807, 2.05) is 42.6 Å². The number of imidazole rings is 1. The molecule has 4 aromatic rings. The number of aromatic nitrogens is 7. The van der Waals surface area contributed by atoms with Crippen LogP contribution >= 0.6 is 11.6 Å². The summed E-state index contributed by atoms with van der Waals surface area (Å²) in [7, 11) is 0. The summed E-state index contributed by atoms with van der Waals surface area (Å²) in [5.41, 5.74) is 4.48. The first kappa shape index (κ1) is 23.9. The molecule has 4 rings (SSSR count). The number of nitrogens with one attached hydrogen (secondary N) is 1. The minimum atomic E-state index is -0.0544. The minimum absolute atomic E-state index is 0.0544. The van der Waals surface area contributed by atoms with E-state index in [1.54, 1.807) is 9.13 Å². The first-order valence-corrected chi connectivity index (χ1v) is 12.3. The average Bonchev–Trinajstić information content (AvgIpc) is 3.47. The van der Waals surface area contributed by atoms with E-state index in [4.69, 9.17) is 11.6 Å². The maximum absolute atomic E-state index is 13.2. The van der Waals surface area contributed by atoms with Crippen LogP contribution in [0, 0.1) is 0 Å². The number of rotatable bonds is 11. The van der Waals surface area contributed by atoms with Gasteiger partial charge in [-0.05, 0) is 41.3 Å². The molecule has 3 heterocycles. The Morgan fingerprint density at radius 1 is 0.971 bits per heavy atom. The molecule has 1 N–H and O–H groups in total. The van der Waals surface area contributed by atoms with Gasteiger partial charge in [-0.1, -0.05) is 75.0 Å². The first-order chi connectivity index (χ1) is 16.6. The molecule has 0 radical (unpaired) electrons. The van der Waals surface area contributed by atoms with Crippen molar-refractivity contribution in [3.63, 3.8) is 0 Å². The quantitative estimate of drug-likeness (QED) is 0.301. The summed E-state index contributed by atoms with van der Waals surface area (Å²) in [5, 5.41) is 14.8. The summed E-state index contributed by atoms with van der Waals surface area (Å²) < 4.78 is 3.51. The lowest BCUT2D eigenvalue weighted by Crippen LogP contribution is -2.26. The van der Waals surface area contributed by atoms with Gasteiger partial charge in [0.05, 0.1) is 17.9 Å². The Labute approximate surface area is 204 Å². The van der Waals surface area contributed by atoms with E-state index >= 15 is 0 Å². The van der Waals surface area contributed by atoms with Crippen LogP contribution in [0.3, 0.4) is 0 Å². The molecule has 3 aromatic heterocycles. The summed E-state index contributed by atoms with van der Waals surface area (Å²) in [6.07, 6.45) is 7.75. The third-order valence-electron chi connectivity index (χ3n) is 6.00. The number of aromatic amines is 1. The van der Waals surface area contributed by atoms with Crippen molar-refractivity contribution in [2.75, 3.05) is 0 Å². The molecule has 8 nitrogen and oxygen atoms in total. The molecule has 0 unspecified atom stereocenters. The van der Waals surface area contributed by atoms with Gasteiger partial charge in [0, 0.05) is 23.9 Å². The molecule has 0 saturated heterocycles. The van der Waals surface area contributed by atoms with Gasteiger partial charge in [0.1, 0.15) is 5.15 Å². The van der Waals surface area contributed by atoms with Crippen LogP contribution in [0.25, 0.3) is 22.5 Å². The van der Waals surface area contributed by atoms with Crippen LogP contribution in [0.5, 0.6) is 0 Å². The van der Waals surface area contributed by atoms with Crippen molar-refractivity contribution in [2.45, 2.75) is 65.5 Å². The fraction of sp³-hybridized carbons (Fsp3) is 0.400. The van der Waals surface area contributed by atoms with Gasteiger partial charge in [-0.25, -0.2) is 9.89 Å². The number of hydrogen-bond donors (Lipinski definition) is 1. The van der Waals surface area contributed by atoms with Crippen LogP contribution in [-0.2, 0) is 19.5 Å². The summed E-state index contributed by atoms with van der Waals surface area (Å²) >= 11 is 6.69. The van der Waals surface area contributed by atoms with E-state index in [9.17, 15) is 4.79 Å². The Balaban J connectivity index is 1.62. The van der Waals surface area contributed by atoms with E-state index in [-0.39, 0.29) is 5.69 Å². The Bertz CT molecular complexity index is 1260. The van der Waals surface area contributed by atoms with Crippen molar-refractivity contribution in [3.05, 3.63) is 69.6 Å². The molecule has 0 spiro atoms. The molecule has 9 heteroatoms. The van der Waals surface area contributed by atoms with Gasteiger partial charge in [-0.15, -0.1) is 5.10 Å². The van der Waals surface area contributed by atoms with Gasteiger partial charge in [0.25, 0.3) is 0 Å². The summed E-state index contributed by atoms with van der Waals surface area (Å²) in [4.78, 5) is 17.9. The molecule has 0 fully saturated rings. The fourth-order valence-corrected chi connectivity index (χ4v) is 4.48. The topological polar surface area (TPSA) is 94.3 Å². The highest BCUT2D eigenvalue weighted by molar-refractivity contribution is 6.30. The molecule has 0 amide bonds. The smallest absolute Gasteiger partial charge is 0.289 e. The first-order valence-electron chi connectivity index (χ1n) is 11.9. The lowest BCUT2D eigenvalue weighted by molar-refractivity contribution is 0.572. The maximum Gasteiger partial charge on any atom is 0.329 e. The molecule has 0 saturated carbocycles. The van der Waals surface area contributed by atoms with Crippen molar-refractivity contribution in [1.29, 1.82) is 0 Å². The third-order valence-corrected chi connectivity index (χ3v) is 6.42. The maximum atomic E-state index is 13.2. The number of pyridine rings is 1. The Morgan fingerprint density at radius 3 is 2.44 bits per heavy atom. The highest BCUT2D eigenvalue weighted by Crippen LogP contribution is 2.29. The van der Waals surface area contributed by atoms with Crippen LogP contribution in [0.15, 0.2) is 47.4 Å². The molecule has 0 aliphatic carbocycles. The number of tetrazole rings is 1. The van der Waals surface area contributed by atoms with E-state index in [0.717, 1.165) is 66.6 Å². The second-order valence-corrected chi connectivity index (χ2v) is 8.76. The van der Waals surface area contributed by atoms with Gasteiger partial charge in [0.15, 0.2) is 5.82 Å². The lowest BCUT2D eigenvalue weighted by Gasteiger charge is -2.09. The summed E-state index contributed by atoms with van der Waals surface area (Å²) in [6, 6.07) is 11.9. The van der Waals surface area contributed by atoms with Gasteiger partial charge in [-0.2, -0.15) is 0 Å². The normalized spacial score (nSPS) is 11.3. The number of nitrogens with zero attached hydrogens (tertiary/aromatic N) is 6. The number of benzene rings is 1. The highest BCUT2D eigenvalue weighted by Gasteiger charge is 2.19. The molecule has 178 valence electrons. The van der Waals surface area contributed by atoms with Crippen molar-refractivity contribution < 1.29 is 0 Å². The molecular weight excluding hydrogens is 450 g/mol. The predicted octanol–water partition coefficient (Wildman–Crippen LogP) is 5.13. The van der Waals surface area contributed by atoms with Crippen molar-refractivity contribution in [2.24, 2.45) is 0 Å². The molecule has 34 heavy (non-hydrogen) atoms. The van der Waals surface area contributed by atoms with Gasteiger partial charge < -0.3 is 0 Å². The zero-order chi connectivity index (χ0) is 23.9. The third kappa shape index (κ3) is 5.12. The number of H-pyrrole nitrogens is 1. The van der Waals surface area contributed by atoms with Crippen LogP contribution in [0.4, 0.5) is 0 Å². The molecular formula is C25H30ClN7O. The van der Waals surface area contributed by atoms with Gasteiger partial charge in [-0.3, -0.25) is 14.1 Å². The summed E-state index contributed by atoms with van der Waals surface area (Å²) in [6.45, 7) is 5.34. The van der Waals surface area contributed by atoms with Gasteiger partial charge in [0.2, 0.25) is 0 Å². The Kier molecular flexibility index (Phi) is 7.90. The van der Waals surface area contributed by atoms with Crippen molar-refractivity contribution in [3.8, 4) is 22.5 Å².